The Hall–Kier alpha value is -1.20. The van der Waals surface area contributed by atoms with Crippen molar-refractivity contribution < 1.29 is 4.79 Å². The Bertz CT molecular complexity index is 565. The maximum atomic E-state index is 12.0. The third-order valence-corrected chi connectivity index (χ3v) is 3.83. The van der Waals surface area contributed by atoms with Crippen molar-refractivity contribution in [3.8, 4) is 0 Å². The van der Waals surface area contributed by atoms with Crippen LogP contribution in [-0.4, -0.2) is 10.9 Å². The Morgan fingerprint density at radius 3 is 2.71 bits per heavy atom. The second-order valence-corrected chi connectivity index (χ2v) is 5.38. The molecule has 0 bridgehead atoms. The fourth-order valence-electron chi connectivity index (χ4n) is 1.45. The average Bonchev–Trinajstić information content (AvgIpc) is 2.68. The molecule has 0 radical (unpaired) electrons. The van der Waals surface area contributed by atoms with Crippen LogP contribution in [0.1, 0.15) is 20.9 Å². The lowest BCUT2D eigenvalue weighted by molar-refractivity contribution is 0.103. The zero-order valence-corrected chi connectivity index (χ0v) is 11.9. The van der Waals surface area contributed by atoms with E-state index in [9.17, 15) is 4.79 Å². The first kappa shape index (κ1) is 12.3. The summed E-state index contributed by atoms with van der Waals surface area (Å²) < 4.78 is 0.764. The van der Waals surface area contributed by atoms with E-state index in [-0.39, 0.29) is 5.91 Å². The molecule has 1 amide bonds. The van der Waals surface area contributed by atoms with Gasteiger partial charge in [-0.2, -0.15) is 0 Å². The van der Waals surface area contributed by atoms with Crippen molar-refractivity contribution in [3.63, 3.8) is 0 Å². The molecule has 88 valence electrons. The Morgan fingerprint density at radius 2 is 2.12 bits per heavy atom. The second-order valence-electron chi connectivity index (χ2n) is 3.65. The Labute approximate surface area is 112 Å². The van der Waals surface area contributed by atoms with E-state index in [1.807, 2.05) is 37.4 Å². The molecule has 0 fully saturated rings. The van der Waals surface area contributed by atoms with Gasteiger partial charge in [0.25, 0.3) is 5.91 Å². The minimum atomic E-state index is -0.0790. The monoisotopic (exact) mass is 310 g/mol. The molecule has 2 heterocycles. The van der Waals surface area contributed by atoms with Crippen LogP contribution >= 0.6 is 27.3 Å². The molecule has 1 N–H and O–H groups in total. The number of hydrogen-bond acceptors (Lipinski definition) is 3. The van der Waals surface area contributed by atoms with Crippen molar-refractivity contribution in [3.05, 3.63) is 44.3 Å². The fraction of sp³-hybridized carbons (Fsp3) is 0.167. The van der Waals surface area contributed by atoms with Crippen molar-refractivity contribution in [1.29, 1.82) is 0 Å². The molecule has 3 nitrogen and oxygen atoms in total. The highest BCUT2D eigenvalue weighted by molar-refractivity contribution is 9.10. The molecule has 2 aromatic rings. The van der Waals surface area contributed by atoms with Crippen molar-refractivity contribution in [2.45, 2.75) is 13.8 Å². The smallest absolute Gasteiger partial charge is 0.266 e. The molecule has 0 aliphatic heterocycles. The van der Waals surface area contributed by atoms with Crippen molar-refractivity contribution in [2.75, 3.05) is 5.32 Å². The van der Waals surface area contributed by atoms with Crippen LogP contribution in [0.3, 0.4) is 0 Å². The van der Waals surface area contributed by atoms with Gasteiger partial charge in [0.15, 0.2) is 0 Å². The van der Waals surface area contributed by atoms with Crippen LogP contribution in [0.25, 0.3) is 0 Å². The number of thiophene rings is 1. The molecule has 0 saturated heterocycles. The molecule has 17 heavy (non-hydrogen) atoms. The van der Waals surface area contributed by atoms with Gasteiger partial charge in [0, 0.05) is 0 Å². The molecule has 0 aliphatic carbocycles. The SMILES string of the molecule is Cc1ccsc1C(=O)Nc1ccc(Br)nc1C. The van der Waals surface area contributed by atoms with Gasteiger partial charge in [-0.1, -0.05) is 0 Å². The van der Waals surface area contributed by atoms with Gasteiger partial charge in [0.05, 0.1) is 16.3 Å². The number of nitrogens with zero attached hydrogens (tertiary/aromatic N) is 1. The summed E-state index contributed by atoms with van der Waals surface area (Å²) in [6, 6.07) is 5.59. The number of carbonyl (C=O) groups excluding carboxylic acids is 1. The summed E-state index contributed by atoms with van der Waals surface area (Å²) in [5.74, 6) is -0.0790. The minimum Gasteiger partial charge on any atom is -0.320 e. The van der Waals surface area contributed by atoms with Crippen LogP contribution in [-0.2, 0) is 0 Å². The molecule has 0 saturated carbocycles. The zero-order chi connectivity index (χ0) is 12.4. The normalized spacial score (nSPS) is 10.3. The van der Waals surface area contributed by atoms with Gasteiger partial charge in [-0.25, -0.2) is 4.98 Å². The standard InChI is InChI=1S/C12H11BrN2OS/c1-7-5-6-17-11(7)12(16)15-9-3-4-10(13)14-8(9)2/h3-6H,1-2H3,(H,15,16). The van der Waals surface area contributed by atoms with Gasteiger partial charge in [0.1, 0.15) is 4.60 Å². The molecule has 0 aliphatic rings. The van der Waals surface area contributed by atoms with E-state index in [0.29, 0.717) is 0 Å². The van der Waals surface area contributed by atoms with Gasteiger partial charge >= 0.3 is 0 Å². The number of pyridine rings is 1. The lowest BCUT2D eigenvalue weighted by Crippen LogP contribution is -2.12. The summed E-state index contributed by atoms with van der Waals surface area (Å²) in [7, 11) is 0. The van der Waals surface area contributed by atoms with Crippen molar-refractivity contribution in [2.24, 2.45) is 0 Å². The highest BCUT2D eigenvalue weighted by atomic mass is 79.9. The Morgan fingerprint density at radius 1 is 1.35 bits per heavy atom. The zero-order valence-electron chi connectivity index (χ0n) is 9.45. The fourth-order valence-corrected chi connectivity index (χ4v) is 2.67. The van der Waals surface area contributed by atoms with Gasteiger partial charge < -0.3 is 5.32 Å². The molecule has 2 rings (SSSR count). The Balaban J connectivity index is 2.22. The molecular formula is C12H11BrN2OS. The quantitative estimate of drug-likeness (QED) is 0.858. The molecule has 0 aromatic carbocycles. The summed E-state index contributed by atoms with van der Waals surface area (Å²) in [6.45, 7) is 3.79. The summed E-state index contributed by atoms with van der Waals surface area (Å²) in [4.78, 5) is 17.0. The third kappa shape index (κ3) is 2.73. The van der Waals surface area contributed by atoms with Crippen LogP contribution in [0, 0.1) is 13.8 Å². The van der Waals surface area contributed by atoms with Crippen molar-refractivity contribution >= 4 is 38.9 Å². The number of carbonyl (C=O) groups is 1. The lowest BCUT2D eigenvalue weighted by atomic mass is 10.2. The first-order chi connectivity index (χ1) is 8.08. The number of aromatic nitrogens is 1. The summed E-state index contributed by atoms with van der Waals surface area (Å²) in [5, 5.41) is 4.78. The van der Waals surface area contributed by atoms with E-state index < -0.39 is 0 Å². The van der Waals surface area contributed by atoms with E-state index in [2.05, 4.69) is 26.2 Å². The molecule has 5 heteroatoms. The van der Waals surface area contributed by atoms with Gasteiger partial charge in [0.2, 0.25) is 0 Å². The molecule has 0 unspecified atom stereocenters. The molecular weight excluding hydrogens is 300 g/mol. The number of amides is 1. The predicted octanol–water partition coefficient (Wildman–Crippen LogP) is 3.77. The average molecular weight is 311 g/mol. The second kappa shape index (κ2) is 4.98. The van der Waals surface area contributed by atoms with Crippen LogP contribution in [0.2, 0.25) is 0 Å². The van der Waals surface area contributed by atoms with Crippen LogP contribution in [0.4, 0.5) is 5.69 Å². The minimum absolute atomic E-state index is 0.0790. The van der Waals surface area contributed by atoms with Crippen LogP contribution in [0.15, 0.2) is 28.2 Å². The number of anilines is 1. The van der Waals surface area contributed by atoms with Crippen LogP contribution < -0.4 is 5.32 Å². The number of hydrogen-bond donors (Lipinski definition) is 1. The maximum Gasteiger partial charge on any atom is 0.266 e. The first-order valence-electron chi connectivity index (χ1n) is 5.06. The summed E-state index contributed by atoms with van der Waals surface area (Å²) >= 11 is 4.74. The number of rotatable bonds is 2. The molecule has 2 aromatic heterocycles. The summed E-state index contributed by atoms with van der Waals surface area (Å²) in [5.41, 5.74) is 2.53. The first-order valence-corrected chi connectivity index (χ1v) is 6.74. The van der Waals surface area contributed by atoms with Gasteiger partial charge in [-0.3, -0.25) is 4.79 Å². The van der Waals surface area contributed by atoms with E-state index in [4.69, 9.17) is 0 Å². The highest BCUT2D eigenvalue weighted by Gasteiger charge is 2.12. The predicted molar refractivity (Wildman–Crippen MR) is 73.7 cm³/mol. The highest BCUT2D eigenvalue weighted by Crippen LogP contribution is 2.20. The molecule has 0 spiro atoms. The van der Waals surface area contributed by atoms with Crippen LogP contribution in [0.5, 0.6) is 0 Å². The van der Waals surface area contributed by atoms with Gasteiger partial charge in [-0.15, -0.1) is 11.3 Å². The lowest BCUT2D eigenvalue weighted by Gasteiger charge is -2.07. The topological polar surface area (TPSA) is 42.0 Å². The Kier molecular flexibility index (Phi) is 3.59. The van der Waals surface area contributed by atoms with E-state index in [0.717, 1.165) is 26.4 Å². The van der Waals surface area contributed by atoms with Gasteiger partial charge in [-0.05, 0) is 58.9 Å². The number of halogens is 1. The van der Waals surface area contributed by atoms with E-state index in [1.165, 1.54) is 11.3 Å². The summed E-state index contributed by atoms with van der Waals surface area (Å²) in [6.07, 6.45) is 0. The largest absolute Gasteiger partial charge is 0.320 e. The third-order valence-electron chi connectivity index (χ3n) is 2.37. The molecule has 0 atom stereocenters. The maximum absolute atomic E-state index is 12.0. The van der Waals surface area contributed by atoms with E-state index >= 15 is 0 Å². The van der Waals surface area contributed by atoms with E-state index in [1.54, 1.807) is 0 Å². The number of aryl methyl sites for hydroxylation is 2. The number of nitrogens with one attached hydrogen (secondary N) is 1. The van der Waals surface area contributed by atoms with Crippen molar-refractivity contribution in [1.82, 2.24) is 4.98 Å².